The second kappa shape index (κ2) is 5.12. The van der Waals surface area contributed by atoms with E-state index in [1.54, 1.807) is 4.68 Å². The van der Waals surface area contributed by atoms with E-state index < -0.39 is 5.60 Å². The summed E-state index contributed by atoms with van der Waals surface area (Å²) in [6, 6.07) is 0.218. The van der Waals surface area contributed by atoms with E-state index in [9.17, 15) is 5.11 Å². The first kappa shape index (κ1) is 12.5. The predicted octanol–water partition coefficient (Wildman–Crippen LogP) is -0.513. The minimum absolute atomic E-state index is 0.218. The van der Waals surface area contributed by atoms with Gasteiger partial charge in [-0.1, -0.05) is 5.21 Å². The Labute approximate surface area is 101 Å². The van der Waals surface area contributed by atoms with Gasteiger partial charge in [0.1, 0.15) is 0 Å². The van der Waals surface area contributed by atoms with Crippen molar-refractivity contribution in [1.29, 1.82) is 0 Å². The largest absolute Gasteiger partial charge is 0.390 e. The van der Waals surface area contributed by atoms with Crippen molar-refractivity contribution in [3.63, 3.8) is 0 Å². The normalized spacial score (nSPS) is 24.5. The molecule has 0 bridgehead atoms. The van der Waals surface area contributed by atoms with E-state index >= 15 is 0 Å². The lowest BCUT2D eigenvalue weighted by Crippen LogP contribution is -2.46. The predicted molar refractivity (Wildman–Crippen MR) is 62.6 cm³/mol. The average molecular weight is 240 g/mol. The van der Waals surface area contributed by atoms with Gasteiger partial charge in [0.25, 0.3) is 0 Å². The van der Waals surface area contributed by atoms with Crippen molar-refractivity contribution < 1.29 is 9.84 Å². The van der Waals surface area contributed by atoms with Gasteiger partial charge in [0.05, 0.1) is 24.5 Å². The van der Waals surface area contributed by atoms with Crippen molar-refractivity contribution in [2.24, 2.45) is 7.05 Å². The zero-order valence-corrected chi connectivity index (χ0v) is 10.4. The molecule has 2 heterocycles. The molecule has 0 amide bonds. The molecule has 17 heavy (non-hydrogen) atoms. The van der Waals surface area contributed by atoms with Crippen molar-refractivity contribution in [1.82, 2.24) is 20.3 Å². The summed E-state index contributed by atoms with van der Waals surface area (Å²) < 4.78 is 7.02. The summed E-state index contributed by atoms with van der Waals surface area (Å²) in [5.41, 5.74) is 0.0308. The van der Waals surface area contributed by atoms with Gasteiger partial charge in [-0.25, -0.2) is 0 Å². The molecule has 1 fully saturated rings. The van der Waals surface area contributed by atoms with E-state index in [0.29, 0.717) is 19.4 Å². The molecule has 2 unspecified atom stereocenters. The van der Waals surface area contributed by atoms with Gasteiger partial charge in [-0.15, -0.1) is 5.10 Å². The molecule has 0 aliphatic carbocycles. The topological polar surface area (TPSA) is 72.2 Å². The maximum absolute atomic E-state index is 10.4. The summed E-state index contributed by atoms with van der Waals surface area (Å²) in [5, 5.41) is 21.6. The Hall–Kier alpha value is -0.980. The van der Waals surface area contributed by atoms with E-state index in [2.05, 4.69) is 15.6 Å². The zero-order chi connectivity index (χ0) is 12.3. The number of ether oxygens (including phenoxy) is 1. The number of rotatable bonds is 4. The molecule has 2 N–H and O–H groups in total. The third kappa shape index (κ3) is 3.76. The molecular weight excluding hydrogens is 220 g/mol. The number of hydrogen-bond donors (Lipinski definition) is 2. The Balaban J connectivity index is 1.88. The van der Waals surface area contributed by atoms with Crippen molar-refractivity contribution in [3.8, 4) is 0 Å². The Morgan fingerprint density at radius 1 is 1.71 bits per heavy atom. The fraction of sp³-hybridized carbons (Fsp3) is 0.818. The molecule has 1 aromatic heterocycles. The van der Waals surface area contributed by atoms with Crippen molar-refractivity contribution in [3.05, 3.63) is 11.9 Å². The highest BCUT2D eigenvalue weighted by Gasteiger charge is 2.28. The molecule has 1 aliphatic heterocycles. The van der Waals surface area contributed by atoms with E-state index in [4.69, 9.17) is 4.74 Å². The van der Waals surface area contributed by atoms with Crippen LogP contribution >= 0.6 is 0 Å². The van der Waals surface area contributed by atoms with Crippen LogP contribution in [0.25, 0.3) is 0 Å². The summed E-state index contributed by atoms with van der Waals surface area (Å²) in [6.45, 7) is 4.10. The minimum atomic E-state index is -0.783. The molecule has 96 valence electrons. The number of aliphatic hydroxyl groups is 1. The van der Waals surface area contributed by atoms with Crippen LogP contribution in [0.4, 0.5) is 0 Å². The van der Waals surface area contributed by atoms with Gasteiger partial charge in [0.2, 0.25) is 0 Å². The maximum Gasteiger partial charge on any atom is 0.0855 e. The van der Waals surface area contributed by atoms with Crippen LogP contribution in [0.3, 0.4) is 0 Å². The highest BCUT2D eigenvalue weighted by atomic mass is 16.5. The van der Waals surface area contributed by atoms with Crippen LogP contribution in [0, 0.1) is 0 Å². The van der Waals surface area contributed by atoms with Crippen molar-refractivity contribution >= 4 is 0 Å². The monoisotopic (exact) mass is 240 g/mol. The molecule has 1 saturated heterocycles. The summed E-state index contributed by atoms with van der Waals surface area (Å²) in [4.78, 5) is 0. The molecule has 0 radical (unpaired) electrons. The standard InChI is InChI=1S/C11H20N4O2/c1-11(16,5-9-7-15(2)14-13-9)6-10-8-17-4-3-12-10/h7,10,12,16H,3-6,8H2,1-2H3. The van der Waals surface area contributed by atoms with E-state index in [0.717, 1.165) is 18.8 Å². The van der Waals surface area contributed by atoms with Crippen LogP contribution in [-0.4, -0.2) is 51.5 Å². The second-order valence-corrected chi connectivity index (χ2v) is 4.99. The smallest absolute Gasteiger partial charge is 0.0855 e. The van der Waals surface area contributed by atoms with Crippen molar-refractivity contribution in [2.45, 2.75) is 31.4 Å². The number of morpholine rings is 1. The SMILES string of the molecule is Cn1cc(CC(C)(O)CC2COCCN2)nn1. The first-order valence-electron chi connectivity index (χ1n) is 5.94. The van der Waals surface area contributed by atoms with Crippen LogP contribution < -0.4 is 5.32 Å². The van der Waals surface area contributed by atoms with Crippen LogP contribution in [0.15, 0.2) is 6.20 Å². The van der Waals surface area contributed by atoms with Crippen LogP contribution in [0.1, 0.15) is 19.0 Å². The van der Waals surface area contributed by atoms with E-state index in [1.807, 2.05) is 20.2 Å². The molecule has 6 heteroatoms. The molecule has 0 spiro atoms. The molecular formula is C11H20N4O2. The third-order valence-electron chi connectivity index (χ3n) is 2.90. The van der Waals surface area contributed by atoms with Crippen LogP contribution in [0.5, 0.6) is 0 Å². The van der Waals surface area contributed by atoms with Gasteiger partial charge in [-0.3, -0.25) is 4.68 Å². The van der Waals surface area contributed by atoms with Gasteiger partial charge in [0, 0.05) is 32.3 Å². The molecule has 2 rings (SSSR count). The quantitative estimate of drug-likeness (QED) is 0.741. The van der Waals surface area contributed by atoms with Gasteiger partial charge < -0.3 is 15.2 Å². The highest BCUT2D eigenvalue weighted by molar-refractivity contribution is 4.99. The number of hydrogen-bond acceptors (Lipinski definition) is 5. The summed E-state index contributed by atoms with van der Waals surface area (Å²) >= 11 is 0. The molecule has 0 aromatic carbocycles. The van der Waals surface area contributed by atoms with Gasteiger partial charge in [-0.2, -0.15) is 0 Å². The highest BCUT2D eigenvalue weighted by Crippen LogP contribution is 2.18. The molecule has 2 atom stereocenters. The van der Waals surface area contributed by atoms with Gasteiger partial charge >= 0.3 is 0 Å². The minimum Gasteiger partial charge on any atom is -0.390 e. The molecule has 6 nitrogen and oxygen atoms in total. The number of nitrogens with zero attached hydrogens (tertiary/aromatic N) is 3. The first-order chi connectivity index (χ1) is 8.05. The van der Waals surface area contributed by atoms with Crippen molar-refractivity contribution in [2.75, 3.05) is 19.8 Å². The lowest BCUT2D eigenvalue weighted by molar-refractivity contribution is 0.00595. The summed E-state index contributed by atoms with van der Waals surface area (Å²) in [6.07, 6.45) is 3.00. The lowest BCUT2D eigenvalue weighted by Gasteiger charge is -2.31. The zero-order valence-electron chi connectivity index (χ0n) is 10.4. The fourth-order valence-electron chi connectivity index (χ4n) is 2.22. The molecule has 1 aliphatic rings. The Kier molecular flexibility index (Phi) is 3.76. The third-order valence-corrected chi connectivity index (χ3v) is 2.90. The second-order valence-electron chi connectivity index (χ2n) is 4.99. The number of aromatic nitrogens is 3. The Morgan fingerprint density at radius 3 is 3.12 bits per heavy atom. The van der Waals surface area contributed by atoms with Gasteiger partial charge in [-0.05, 0) is 13.3 Å². The number of aryl methyl sites for hydroxylation is 1. The summed E-state index contributed by atoms with van der Waals surface area (Å²) in [7, 11) is 1.82. The summed E-state index contributed by atoms with van der Waals surface area (Å²) in [5.74, 6) is 0. The average Bonchev–Trinajstić information content (AvgIpc) is 2.63. The first-order valence-corrected chi connectivity index (χ1v) is 5.94. The maximum atomic E-state index is 10.4. The van der Waals surface area contributed by atoms with Crippen LogP contribution in [0.2, 0.25) is 0 Å². The van der Waals surface area contributed by atoms with E-state index in [-0.39, 0.29) is 6.04 Å². The molecule has 0 saturated carbocycles. The Bertz CT molecular complexity index is 358. The van der Waals surface area contributed by atoms with Gasteiger partial charge in [0.15, 0.2) is 0 Å². The fourth-order valence-corrected chi connectivity index (χ4v) is 2.22. The number of nitrogens with one attached hydrogen (secondary N) is 1. The molecule has 1 aromatic rings. The van der Waals surface area contributed by atoms with E-state index in [1.165, 1.54) is 0 Å². The van der Waals surface area contributed by atoms with Crippen LogP contribution in [-0.2, 0) is 18.2 Å². The lowest BCUT2D eigenvalue weighted by atomic mass is 9.92. The Morgan fingerprint density at radius 2 is 2.53 bits per heavy atom.